The van der Waals surface area contributed by atoms with Crippen molar-refractivity contribution in [3.05, 3.63) is 66.4 Å². The summed E-state index contributed by atoms with van der Waals surface area (Å²) < 4.78 is 0. The van der Waals surface area contributed by atoms with Crippen LogP contribution in [0.4, 0.5) is 0 Å². The highest BCUT2D eigenvalue weighted by atomic mass is 16.2. The van der Waals surface area contributed by atoms with E-state index in [1.54, 1.807) is 30.3 Å². The van der Waals surface area contributed by atoms with Crippen molar-refractivity contribution >= 4 is 17.6 Å². The number of H-pyrrole nitrogens is 1. The van der Waals surface area contributed by atoms with Gasteiger partial charge in [-0.05, 0) is 11.6 Å². The zero-order valence-electron chi connectivity index (χ0n) is 14.1. The van der Waals surface area contributed by atoms with Crippen LogP contribution in [0, 0.1) is 0 Å². The molecule has 0 aliphatic rings. The number of hydrogen-bond donors (Lipinski definition) is 3. The molecule has 0 saturated carbocycles. The first kappa shape index (κ1) is 17.9. The van der Waals surface area contributed by atoms with E-state index in [0.29, 0.717) is 11.3 Å². The van der Waals surface area contributed by atoms with Crippen LogP contribution < -0.4 is 11.1 Å². The molecule has 1 aromatic carbocycles. The van der Waals surface area contributed by atoms with Gasteiger partial charge in [0.1, 0.15) is 18.1 Å². The van der Waals surface area contributed by atoms with Gasteiger partial charge in [0.15, 0.2) is 0 Å². The summed E-state index contributed by atoms with van der Waals surface area (Å²) in [4.78, 5) is 44.2. The SMILES string of the molecule is NC(=O)C(=O)C(Cc1ccccc1)NC(=O)c1[nH]ncc1-c1ccncn1. The van der Waals surface area contributed by atoms with Gasteiger partial charge in [-0.1, -0.05) is 30.3 Å². The number of hydrogen-bond acceptors (Lipinski definition) is 6. The van der Waals surface area contributed by atoms with Gasteiger partial charge in [-0.25, -0.2) is 9.97 Å². The second kappa shape index (κ2) is 8.00. The highest BCUT2D eigenvalue weighted by Crippen LogP contribution is 2.19. The number of nitrogens with zero attached hydrogens (tertiary/aromatic N) is 3. The molecule has 2 aromatic heterocycles. The number of benzene rings is 1. The molecule has 0 fully saturated rings. The van der Waals surface area contributed by atoms with Gasteiger partial charge in [0.05, 0.1) is 17.5 Å². The Balaban J connectivity index is 1.84. The van der Waals surface area contributed by atoms with Gasteiger partial charge in [-0.3, -0.25) is 19.5 Å². The highest BCUT2D eigenvalue weighted by molar-refractivity contribution is 6.38. The molecule has 0 aliphatic carbocycles. The van der Waals surface area contributed by atoms with Crippen LogP contribution in [0.1, 0.15) is 16.1 Å². The van der Waals surface area contributed by atoms with Crippen LogP contribution in [0.15, 0.2) is 55.1 Å². The second-order valence-corrected chi connectivity index (χ2v) is 5.70. The molecule has 2 heterocycles. The molecule has 0 radical (unpaired) electrons. The number of primary amides is 1. The normalized spacial score (nSPS) is 11.6. The number of aromatic nitrogens is 4. The Bertz CT molecular complexity index is 955. The molecule has 3 aromatic rings. The van der Waals surface area contributed by atoms with Crippen molar-refractivity contribution in [3.63, 3.8) is 0 Å². The van der Waals surface area contributed by atoms with Crippen LogP contribution in [0.25, 0.3) is 11.3 Å². The van der Waals surface area contributed by atoms with Crippen molar-refractivity contribution in [3.8, 4) is 11.3 Å². The number of aromatic amines is 1. The fourth-order valence-corrected chi connectivity index (χ4v) is 2.56. The molecule has 4 N–H and O–H groups in total. The number of rotatable bonds is 7. The Kier molecular flexibility index (Phi) is 5.31. The lowest BCUT2D eigenvalue weighted by Crippen LogP contribution is -2.47. The van der Waals surface area contributed by atoms with Crippen molar-refractivity contribution < 1.29 is 14.4 Å². The third-order valence-corrected chi connectivity index (χ3v) is 3.87. The van der Waals surface area contributed by atoms with E-state index < -0.39 is 23.6 Å². The molecule has 0 saturated heterocycles. The standard InChI is InChI=1S/C18H16N6O3/c19-17(26)16(25)14(8-11-4-2-1-3-5-11)23-18(27)15-12(9-22-24-15)13-6-7-20-10-21-13/h1-7,9-10,14H,8H2,(H2,19,26)(H,22,24)(H,23,27). The maximum Gasteiger partial charge on any atom is 0.287 e. The van der Waals surface area contributed by atoms with E-state index in [2.05, 4.69) is 25.5 Å². The monoisotopic (exact) mass is 364 g/mol. The summed E-state index contributed by atoms with van der Waals surface area (Å²) >= 11 is 0. The molecular weight excluding hydrogens is 348 g/mol. The van der Waals surface area contributed by atoms with E-state index in [1.165, 1.54) is 18.7 Å². The van der Waals surface area contributed by atoms with Gasteiger partial charge in [-0.2, -0.15) is 5.10 Å². The zero-order chi connectivity index (χ0) is 19.2. The molecule has 27 heavy (non-hydrogen) atoms. The molecule has 0 bridgehead atoms. The van der Waals surface area contributed by atoms with Gasteiger partial charge in [0.25, 0.3) is 11.8 Å². The Morgan fingerprint density at radius 1 is 1.15 bits per heavy atom. The van der Waals surface area contributed by atoms with Crippen LogP contribution in [-0.2, 0) is 16.0 Å². The fraction of sp³-hybridized carbons (Fsp3) is 0.111. The molecule has 0 spiro atoms. The number of carbonyl (C=O) groups is 3. The average molecular weight is 364 g/mol. The predicted octanol–water partition coefficient (Wildman–Crippen LogP) is 0.262. The smallest absolute Gasteiger partial charge is 0.287 e. The topological polar surface area (TPSA) is 144 Å². The zero-order valence-corrected chi connectivity index (χ0v) is 14.1. The van der Waals surface area contributed by atoms with Gasteiger partial charge in [0, 0.05) is 12.6 Å². The van der Waals surface area contributed by atoms with Gasteiger partial charge >= 0.3 is 0 Å². The minimum absolute atomic E-state index is 0.115. The molecule has 1 atom stereocenters. The van der Waals surface area contributed by atoms with Crippen LogP contribution in [0.2, 0.25) is 0 Å². The first-order valence-corrected chi connectivity index (χ1v) is 8.04. The number of Topliss-reactive ketones (excluding diaryl/α,β-unsaturated/α-hetero) is 1. The fourth-order valence-electron chi connectivity index (χ4n) is 2.56. The third kappa shape index (κ3) is 4.21. The maximum atomic E-state index is 12.7. The summed E-state index contributed by atoms with van der Waals surface area (Å²) in [5, 5.41) is 9.01. The summed E-state index contributed by atoms with van der Waals surface area (Å²) in [5.74, 6) is -2.59. The van der Waals surface area contributed by atoms with Crippen molar-refractivity contribution in [2.75, 3.05) is 0 Å². The van der Waals surface area contributed by atoms with Gasteiger partial charge in [-0.15, -0.1) is 0 Å². The lowest BCUT2D eigenvalue weighted by atomic mass is 10.0. The van der Waals surface area contributed by atoms with E-state index in [0.717, 1.165) is 5.56 Å². The summed E-state index contributed by atoms with van der Waals surface area (Å²) in [6, 6.07) is 9.52. The molecule has 9 heteroatoms. The number of nitrogens with two attached hydrogens (primary N) is 1. The minimum atomic E-state index is -1.11. The highest BCUT2D eigenvalue weighted by Gasteiger charge is 2.27. The number of ketones is 1. The third-order valence-electron chi connectivity index (χ3n) is 3.87. The molecule has 1 unspecified atom stereocenters. The van der Waals surface area contributed by atoms with E-state index in [4.69, 9.17) is 5.73 Å². The van der Waals surface area contributed by atoms with Crippen molar-refractivity contribution in [1.82, 2.24) is 25.5 Å². The van der Waals surface area contributed by atoms with Crippen molar-refractivity contribution in [1.29, 1.82) is 0 Å². The second-order valence-electron chi connectivity index (χ2n) is 5.70. The van der Waals surface area contributed by atoms with E-state index >= 15 is 0 Å². The van der Waals surface area contributed by atoms with Crippen LogP contribution in [0.5, 0.6) is 0 Å². The lowest BCUT2D eigenvalue weighted by Gasteiger charge is -2.16. The van der Waals surface area contributed by atoms with E-state index in [-0.39, 0.29) is 12.1 Å². The quantitative estimate of drug-likeness (QED) is 0.513. The number of carbonyl (C=O) groups excluding carboxylic acids is 3. The molecule has 0 aliphatic heterocycles. The van der Waals surface area contributed by atoms with Gasteiger partial charge in [0.2, 0.25) is 5.78 Å². The Hall–Kier alpha value is -3.88. The van der Waals surface area contributed by atoms with Crippen molar-refractivity contribution in [2.24, 2.45) is 5.73 Å². The summed E-state index contributed by atoms with van der Waals surface area (Å²) in [6.45, 7) is 0. The summed E-state index contributed by atoms with van der Waals surface area (Å²) in [5.41, 5.74) is 6.95. The largest absolute Gasteiger partial charge is 0.363 e. The Labute approximate surface area is 154 Å². The summed E-state index contributed by atoms with van der Waals surface area (Å²) in [7, 11) is 0. The molecule has 136 valence electrons. The minimum Gasteiger partial charge on any atom is -0.363 e. The van der Waals surface area contributed by atoms with Crippen LogP contribution in [0.3, 0.4) is 0 Å². The van der Waals surface area contributed by atoms with Crippen molar-refractivity contribution in [2.45, 2.75) is 12.5 Å². The van der Waals surface area contributed by atoms with Gasteiger partial charge < -0.3 is 11.1 Å². The van der Waals surface area contributed by atoms with E-state index in [1.807, 2.05) is 6.07 Å². The average Bonchev–Trinajstić information content (AvgIpc) is 3.18. The first-order chi connectivity index (χ1) is 13.1. The number of amides is 2. The first-order valence-electron chi connectivity index (χ1n) is 8.04. The lowest BCUT2D eigenvalue weighted by molar-refractivity contribution is -0.137. The molecule has 2 amide bonds. The van der Waals surface area contributed by atoms with Crippen LogP contribution in [-0.4, -0.2) is 43.8 Å². The molecular formula is C18H16N6O3. The Morgan fingerprint density at radius 3 is 2.59 bits per heavy atom. The number of nitrogens with one attached hydrogen (secondary N) is 2. The molecule has 3 rings (SSSR count). The predicted molar refractivity (Wildman–Crippen MR) is 95.2 cm³/mol. The summed E-state index contributed by atoms with van der Waals surface area (Å²) in [6.07, 6.45) is 4.45. The molecule has 9 nitrogen and oxygen atoms in total. The Morgan fingerprint density at radius 2 is 1.93 bits per heavy atom. The van der Waals surface area contributed by atoms with Crippen LogP contribution >= 0.6 is 0 Å². The van der Waals surface area contributed by atoms with E-state index in [9.17, 15) is 14.4 Å². The maximum absolute atomic E-state index is 12.7.